The zero-order valence-corrected chi connectivity index (χ0v) is 13.5. The van der Waals surface area contributed by atoms with Gasteiger partial charge in [0, 0.05) is 19.3 Å². The van der Waals surface area contributed by atoms with Crippen molar-refractivity contribution >= 4 is 23.7 Å². The highest BCUT2D eigenvalue weighted by Crippen LogP contribution is 2.29. The minimum Gasteiger partial charge on any atom is -0.462 e. The first-order valence-electron chi connectivity index (χ1n) is 7.16. The molecule has 1 fully saturated rings. The third-order valence-electron chi connectivity index (χ3n) is 3.07. The summed E-state index contributed by atoms with van der Waals surface area (Å²) < 4.78 is 10.3. The summed E-state index contributed by atoms with van der Waals surface area (Å²) in [5, 5.41) is 0.616. The molecular formula is C16H19NO4S. The number of benzene rings is 1. The Morgan fingerprint density at radius 3 is 2.59 bits per heavy atom. The molecule has 1 saturated heterocycles. The summed E-state index contributed by atoms with van der Waals surface area (Å²) in [4.78, 5) is 26.5. The predicted molar refractivity (Wildman–Crippen MR) is 85.4 cm³/mol. The van der Waals surface area contributed by atoms with E-state index in [0.29, 0.717) is 10.8 Å². The van der Waals surface area contributed by atoms with E-state index >= 15 is 0 Å². The lowest BCUT2D eigenvalue weighted by Crippen LogP contribution is -2.30. The maximum Gasteiger partial charge on any atom is 0.353 e. The zero-order chi connectivity index (χ0) is 15.9. The average Bonchev–Trinajstić information content (AvgIpc) is 2.51. The molecule has 0 spiro atoms. The lowest BCUT2D eigenvalue weighted by molar-refractivity contribution is -0.143. The van der Waals surface area contributed by atoms with Gasteiger partial charge in [0.25, 0.3) is 0 Å². The molecule has 0 unspecified atom stereocenters. The molecule has 0 saturated carbocycles. The highest BCUT2D eigenvalue weighted by Gasteiger charge is 2.30. The lowest BCUT2D eigenvalue weighted by Gasteiger charge is -2.28. The number of esters is 2. The number of carbonyl (C=O) groups is 2. The molecule has 0 N–H and O–H groups in total. The highest BCUT2D eigenvalue weighted by atomic mass is 32.2. The second-order valence-electron chi connectivity index (χ2n) is 4.73. The Bertz CT molecular complexity index is 571. The van der Waals surface area contributed by atoms with Crippen LogP contribution in [0.1, 0.15) is 13.3 Å². The Kier molecular flexibility index (Phi) is 5.89. The summed E-state index contributed by atoms with van der Waals surface area (Å²) >= 11 is 1.48. The van der Waals surface area contributed by atoms with Crippen molar-refractivity contribution in [2.75, 3.05) is 26.0 Å². The van der Waals surface area contributed by atoms with Gasteiger partial charge in [-0.05, 0) is 25.5 Å². The minimum absolute atomic E-state index is 0.0297. The molecule has 0 bridgehead atoms. The van der Waals surface area contributed by atoms with Gasteiger partial charge in [0.2, 0.25) is 0 Å². The smallest absolute Gasteiger partial charge is 0.353 e. The maximum atomic E-state index is 12.5. The lowest BCUT2D eigenvalue weighted by atomic mass is 10.2. The quantitative estimate of drug-likeness (QED) is 0.279. The van der Waals surface area contributed by atoms with Gasteiger partial charge in [-0.1, -0.05) is 18.2 Å². The van der Waals surface area contributed by atoms with E-state index in [9.17, 15) is 9.59 Å². The summed E-state index contributed by atoms with van der Waals surface area (Å²) in [6.45, 7) is 2.72. The normalized spacial score (nSPS) is 16.9. The first-order valence-corrected chi connectivity index (χ1v) is 8.14. The van der Waals surface area contributed by atoms with Crippen LogP contribution in [0.2, 0.25) is 0 Å². The second kappa shape index (κ2) is 7.89. The van der Waals surface area contributed by atoms with Crippen LogP contribution in [0.15, 0.2) is 40.9 Å². The molecule has 118 valence electrons. The van der Waals surface area contributed by atoms with Crippen LogP contribution in [0.25, 0.3) is 0 Å². The van der Waals surface area contributed by atoms with Crippen molar-refractivity contribution in [3.63, 3.8) is 0 Å². The first-order chi connectivity index (χ1) is 10.6. The van der Waals surface area contributed by atoms with Gasteiger partial charge in [-0.3, -0.25) is 0 Å². The van der Waals surface area contributed by atoms with Gasteiger partial charge >= 0.3 is 11.9 Å². The van der Waals surface area contributed by atoms with Crippen molar-refractivity contribution in [1.82, 2.24) is 4.90 Å². The monoisotopic (exact) mass is 321 g/mol. The van der Waals surface area contributed by atoms with E-state index in [2.05, 4.69) is 0 Å². The van der Waals surface area contributed by atoms with Crippen LogP contribution in [0.5, 0.6) is 5.75 Å². The Labute approximate surface area is 134 Å². The molecule has 0 aromatic heterocycles. The fourth-order valence-corrected chi connectivity index (χ4v) is 3.14. The number of carbonyl (C=O) groups excluding carboxylic acids is 2. The number of nitrogens with zero attached hydrogens (tertiary/aromatic N) is 1. The van der Waals surface area contributed by atoms with Gasteiger partial charge in [0.15, 0.2) is 5.57 Å². The van der Waals surface area contributed by atoms with Crippen molar-refractivity contribution in [1.29, 1.82) is 0 Å². The molecule has 0 radical (unpaired) electrons. The molecule has 6 heteroatoms. The molecule has 2 rings (SSSR count). The van der Waals surface area contributed by atoms with Crippen LogP contribution in [0.4, 0.5) is 0 Å². The number of para-hydroxylation sites is 1. The fourth-order valence-electron chi connectivity index (χ4n) is 2.05. The third kappa shape index (κ3) is 4.04. The van der Waals surface area contributed by atoms with E-state index in [1.165, 1.54) is 11.8 Å². The molecule has 1 heterocycles. The van der Waals surface area contributed by atoms with Crippen molar-refractivity contribution < 1.29 is 19.1 Å². The Morgan fingerprint density at radius 1 is 1.23 bits per heavy atom. The third-order valence-corrected chi connectivity index (χ3v) is 4.36. The average molecular weight is 321 g/mol. The number of hydrogen-bond acceptors (Lipinski definition) is 6. The summed E-state index contributed by atoms with van der Waals surface area (Å²) in [7, 11) is 1.86. The standard InChI is InChI=1S/C16H19NO4S/c1-3-20-15(18)13(14-17(2)10-7-11-22-14)16(19)21-12-8-5-4-6-9-12/h4-6,8-9H,3,7,10-11H2,1-2H3/b14-13-. The summed E-state index contributed by atoms with van der Waals surface area (Å²) in [5.41, 5.74) is -0.0297. The van der Waals surface area contributed by atoms with Crippen molar-refractivity contribution in [2.45, 2.75) is 13.3 Å². The van der Waals surface area contributed by atoms with Crippen molar-refractivity contribution in [3.05, 3.63) is 40.9 Å². The van der Waals surface area contributed by atoms with Gasteiger partial charge in [0.1, 0.15) is 5.75 Å². The summed E-state index contributed by atoms with van der Waals surface area (Å²) in [6, 6.07) is 8.70. The second-order valence-corrected chi connectivity index (χ2v) is 5.81. The van der Waals surface area contributed by atoms with Gasteiger partial charge in [0.05, 0.1) is 11.6 Å². The van der Waals surface area contributed by atoms with Crippen LogP contribution in [-0.2, 0) is 14.3 Å². The molecule has 22 heavy (non-hydrogen) atoms. The summed E-state index contributed by atoms with van der Waals surface area (Å²) in [5.74, 6) is -0.0553. The van der Waals surface area contributed by atoms with Crippen molar-refractivity contribution in [3.8, 4) is 5.75 Å². The van der Waals surface area contributed by atoms with Crippen molar-refractivity contribution in [2.24, 2.45) is 0 Å². The van der Waals surface area contributed by atoms with E-state index in [4.69, 9.17) is 9.47 Å². The molecular weight excluding hydrogens is 302 g/mol. The number of thioether (sulfide) groups is 1. The SMILES string of the molecule is CCOC(=O)/C(C(=O)Oc1ccccc1)=C1/SCCCN1C. The minimum atomic E-state index is -0.680. The van der Waals surface area contributed by atoms with Crippen LogP contribution < -0.4 is 4.74 Å². The van der Waals surface area contributed by atoms with E-state index in [0.717, 1.165) is 18.7 Å². The maximum absolute atomic E-state index is 12.5. The zero-order valence-electron chi connectivity index (χ0n) is 12.7. The van der Waals surface area contributed by atoms with Crippen LogP contribution >= 0.6 is 11.8 Å². The Morgan fingerprint density at radius 2 is 1.95 bits per heavy atom. The Hall–Kier alpha value is -1.95. The molecule has 0 amide bonds. The van der Waals surface area contributed by atoms with Crippen LogP contribution in [0, 0.1) is 0 Å². The highest BCUT2D eigenvalue weighted by molar-refractivity contribution is 8.03. The largest absolute Gasteiger partial charge is 0.462 e. The molecule has 0 aliphatic carbocycles. The predicted octanol–water partition coefficient (Wildman–Crippen LogP) is 2.44. The topological polar surface area (TPSA) is 55.8 Å². The summed E-state index contributed by atoms with van der Waals surface area (Å²) in [6.07, 6.45) is 1.01. The fraction of sp³-hybridized carbons (Fsp3) is 0.375. The number of ether oxygens (including phenoxy) is 2. The number of rotatable bonds is 4. The molecule has 0 atom stereocenters. The molecule has 1 aliphatic rings. The Balaban J connectivity index is 2.29. The van der Waals surface area contributed by atoms with E-state index in [1.807, 2.05) is 18.0 Å². The van der Waals surface area contributed by atoms with Gasteiger partial charge in [-0.15, -0.1) is 11.8 Å². The molecule has 5 nitrogen and oxygen atoms in total. The van der Waals surface area contributed by atoms with E-state index in [-0.39, 0.29) is 12.2 Å². The molecule has 1 aromatic rings. The van der Waals surface area contributed by atoms with E-state index in [1.54, 1.807) is 31.2 Å². The van der Waals surface area contributed by atoms with Gasteiger partial charge < -0.3 is 14.4 Å². The van der Waals surface area contributed by atoms with Gasteiger partial charge in [-0.2, -0.15) is 0 Å². The van der Waals surface area contributed by atoms with Gasteiger partial charge in [-0.25, -0.2) is 9.59 Å². The van der Waals surface area contributed by atoms with Crippen LogP contribution in [0.3, 0.4) is 0 Å². The van der Waals surface area contributed by atoms with Crippen LogP contribution in [-0.4, -0.2) is 42.8 Å². The number of hydrogen-bond donors (Lipinski definition) is 0. The molecule has 1 aromatic carbocycles. The molecule has 1 aliphatic heterocycles. The first kappa shape index (κ1) is 16.4. The van der Waals surface area contributed by atoms with E-state index < -0.39 is 11.9 Å².